The van der Waals surface area contributed by atoms with Gasteiger partial charge in [0.15, 0.2) is 0 Å². The first-order chi connectivity index (χ1) is 9.04. The number of nitrogens with zero attached hydrogens (tertiary/aromatic N) is 2. The van der Waals surface area contributed by atoms with Crippen molar-refractivity contribution in [2.24, 2.45) is 11.8 Å². The molecule has 1 aromatic carbocycles. The summed E-state index contributed by atoms with van der Waals surface area (Å²) in [6, 6.07) is 8.23. The molecule has 0 aliphatic heterocycles. The fraction of sp³-hybridized carbons (Fsp3) is 0.562. The second-order valence-electron chi connectivity index (χ2n) is 6.18. The first-order valence-corrected chi connectivity index (χ1v) is 7.20. The van der Waals surface area contributed by atoms with E-state index in [1.807, 2.05) is 12.1 Å². The molecular formula is C16H25N3. The van der Waals surface area contributed by atoms with Crippen molar-refractivity contribution >= 4 is 11.0 Å². The van der Waals surface area contributed by atoms with Gasteiger partial charge < -0.3 is 4.98 Å². The number of fused-ring (bicyclic) bond motifs is 1. The number of aromatic amines is 1. The Balaban J connectivity index is 2.10. The highest BCUT2D eigenvalue weighted by Gasteiger charge is 2.12. The van der Waals surface area contributed by atoms with Crippen LogP contribution in [0.3, 0.4) is 0 Å². The summed E-state index contributed by atoms with van der Waals surface area (Å²) in [5.41, 5.74) is 2.19. The number of aromatic nitrogens is 2. The average molecular weight is 259 g/mol. The zero-order chi connectivity index (χ0) is 13.8. The van der Waals surface area contributed by atoms with E-state index < -0.39 is 0 Å². The van der Waals surface area contributed by atoms with E-state index in [1.54, 1.807) is 0 Å². The van der Waals surface area contributed by atoms with E-state index >= 15 is 0 Å². The van der Waals surface area contributed by atoms with Crippen LogP contribution >= 0.6 is 0 Å². The van der Waals surface area contributed by atoms with Crippen LogP contribution in [-0.2, 0) is 6.54 Å². The first-order valence-electron chi connectivity index (χ1n) is 7.20. The van der Waals surface area contributed by atoms with E-state index in [0.717, 1.165) is 36.5 Å². The Morgan fingerprint density at radius 1 is 1.05 bits per heavy atom. The molecular weight excluding hydrogens is 234 g/mol. The van der Waals surface area contributed by atoms with Crippen molar-refractivity contribution in [3.8, 4) is 0 Å². The van der Waals surface area contributed by atoms with Crippen LogP contribution in [0.1, 0.15) is 33.5 Å². The van der Waals surface area contributed by atoms with Gasteiger partial charge in [-0.15, -0.1) is 0 Å². The van der Waals surface area contributed by atoms with Crippen molar-refractivity contribution in [2.75, 3.05) is 13.1 Å². The molecule has 1 N–H and O–H groups in total. The van der Waals surface area contributed by atoms with Gasteiger partial charge in [-0.3, -0.25) is 4.90 Å². The van der Waals surface area contributed by atoms with E-state index in [9.17, 15) is 0 Å². The van der Waals surface area contributed by atoms with Crippen LogP contribution in [-0.4, -0.2) is 28.0 Å². The third kappa shape index (κ3) is 4.06. The molecule has 3 nitrogen and oxygen atoms in total. The molecule has 2 aromatic rings. The van der Waals surface area contributed by atoms with Crippen molar-refractivity contribution in [1.82, 2.24) is 14.9 Å². The summed E-state index contributed by atoms with van der Waals surface area (Å²) < 4.78 is 0. The van der Waals surface area contributed by atoms with Gasteiger partial charge in [0.2, 0.25) is 0 Å². The molecule has 0 radical (unpaired) electrons. The standard InChI is InChI=1S/C16H25N3/c1-12(2)9-19(10-13(3)4)11-16-17-14-7-5-6-8-15(14)18-16/h5-8,12-13H,9-11H2,1-4H3,(H,17,18). The number of rotatable bonds is 6. The van der Waals surface area contributed by atoms with Crippen LogP contribution in [0.5, 0.6) is 0 Å². The number of hydrogen-bond donors (Lipinski definition) is 1. The van der Waals surface area contributed by atoms with Crippen molar-refractivity contribution in [2.45, 2.75) is 34.2 Å². The molecule has 2 rings (SSSR count). The number of H-pyrrole nitrogens is 1. The zero-order valence-electron chi connectivity index (χ0n) is 12.5. The van der Waals surface area contributed by atoms with Crippen molar-refractivity contribution in [1.29, 1.82) is 0 Å². The first kappa shape index (κ1) is 14.1. The third-order valence-electron chi connectivity index (χ3n) is 3.06. The van der Waals surface area contributed by atoms with E-state index in [-0.39, 0.29) is 0 Å². The Morgan fingerprint density at radius 3 is 2.26 bits per heavy atom. The lowest BCUT2D eigenvalue weighted by atomic mass is 10.1. The van der Waals surface area contributed by atoms with E-state index in [2.05, 4.69) is 54.7 Å². The molecule has 0 atom stereocenters. The molecule has 1 aromatic heterocycles. The molecule has 0 aliphatic rings. The lowest BCUT2D eigenvalue weighted by Gasteiger charge is -2.25. The normalized spacial score (nSPS) is 12.2. The van der Waals surface area contributed by atoms with Crippen LogP contribution in [0.15, 0.2) is 24.3 Å². The Labute approximate surface area is 116 Å². The Hall–Kier alpha value is -1.35. The highest BCUT2D eigenvalue weighted by Crippen LogP contribution is 2.13. The fourth-order valence-electron chi connectivity index (χ4n) is 2.53. The average Bonchev–Trinajstić information content (AvgIpc) is 2.68. The molecule has 1 heterocycles. The maximum Gasteiger partial charge on any atom is 0.121 e. The molecule has 0 aliphatic carbocycles. The van der Waals surface area contributed by atoms with Gasteiger partial charge in [0.05, 0.1) is 17.6 Å². The Morgan fingerprint density at radius 2 is 1.68 bits per heavy atom. The number of benzene rings is 1. The summed E-state index contributed by atoms with van der Waals surface area (Å²) >= 11 is 0. The second-order valence-corrected chi connectivity index (χ2v) is 6.18. The van der Waals surface area contributed by atoms with E-state index in [1.165, 1.54) is 0 Å². The van der Waals surface area contributed by atoms with Crippen LogP contribution in [0, 0.1) is 11.8 Å². The highest BCUT2D eigenvalue weighted by atomic mass is 15.1. The third-order valence-corrected chi connectivity index (χ3v) is 3.06. The second kappa shape index (κ2) is 6.20. The van der Waals surface area contributed by atoms with Gasteiger partial charge in [-0.05, 0) is 24.0 Å². The number of nitrogens with one attached hydrogen (secondary N) is 1. The van der Waals surface area contributed by atoms with Gasteiger partial charge in [-0.25, -0.2) is 4.98 Å². The summed E-state index contributed by atoms with van der Waals surface area (Å²) in [6.45, 7) is 12.2. The van der Waals surface area contributed by atoms with E-state index in [4.69, 9.17) is 0 Å². The summed E-state index contributed by atoms with van der Waals surface area (Å²) in [4.78, 5) is 10.6. The van der Waals surface area contributed by atoms with Crippen LogP contribution < -0.4 is 0 Å². The fourth-order valence-corrected chi connectivity index (χ4v) is 2.53. The molecule has 19 heavy (non-hydrogen) atoms. The maximum absolute atomic E-state index is 4.67. The molecule has 0 bridgehead atoms. The molecule has 0 fully saturated rings. The van der Waals surface area contributed by atoms with Gasteiger partial charge in [0.25, 0.3) is 0 Å². The largest absolute Gasteiger partial charge is 0.341 e. The van der Waals surface area contributed by atoms with Crippen LogP contribution in [0.2, 0.25) is 0 Å². The summed E-state index contributed by atoms with van der Waals surface area (Å²) in [5.74, 6) is 2.44. The van der Waals surface area contributed by atoms with Gasteiger partial charge in [0, 0.05) is 13.1 Å². The molecule has 0 unspecified atom stereocenters. The predicted octanol–water partition coefficient (Wildman–Crippen LogP) is 3.68. The lowest BCUT2D eigenvalue weighted by Crippen LogP contribution is -2.31. The zero-order valence-corrected chi connectivity index (χ0v) is 12.5. The summed E-state index contributed by atoms with van der Waals surface area (Å²) in [6.07, 6.45) is 0. The molecule has 0 saturated carbocycles. The van der Waals surface area contributed by atoms with Crippen molar-refractivity contribution in [3.05, 3.63) is 30.1 Å². The topological polar surface area (TPSA) is 31.9 Å². The quantitative estimate of drug-likeness (QED) is 0.858. The van der Waals surface area contributed by atoms with Gasteiger partial charge in [0.1, 0.15) is 5.82 Å². The minimum Gasteiger partial charge on any atom is -0.341 e. The number of imidazole rings is 1. The van der Waals surface area contributed by atoms with Crippen LogP contribution in [0.25, 0.3) is 11.0 Å². The molecule has 104 valence electrons. The van der Waals surface area contributed by atoms with Crippen molar-refractivity contribution < 1.29 is 0 Å². The lowest BCUT2D eigenvalue weighted by molar-refractivity contribution is 0.207. The minimum absolute atomic E-state index is 0.683. The summed E-state index contributed by atoms with van der Waals surface area (Å²) in [5, 5.41) is 0. The minimum atomic E-state index is 0.683. The van der Waals surface area contributed by atoms with Gasteiger partial charge >= 0.3 is 0 Å². The number of para-hydroxylation sites is 2. The Bertz CT molecular complexity index is 470. The van der Waals surface area contributed by atoms with E-state index in [0.29, 0.717) is 11.8 Å². The molecule has 0 amide bonds. The van der Waals surface area contributed by atoms with Crippen LogP contribution in [0.4, 0.5) is 0 Å². The van der Waals surface area contributed by atoms with Gasteiger partial charge in [-0.1, -0.05) is 39.8 Å². The number of hydrogen-bond acceptors (Lipinski definition) is 2. The predicted molar refractivity (Wildman–Crippen MR) is 81.0 cm³/mol. The smallest absolute Gasteiger partial charge is 0.121 e. The Kier molecular flexibility index (Phi) is 4.59. The molecule has 0 spiro atoms. The van der Waals surface area contributed by atoms with Crippen molar-refractivity contribution in [3.63, 3.8) is 0 Å². The monoisotopic (exact) mass is 259 g/mol. The van der Waals surface area contributed by atoms with Gasteiger partial charge in [-0.2, -0.15) is 0 Å². The highest BCUT2D eigenvalue weighted by molar-refractivity contribution is 5.74. The summed E-state index contributed by atoms with van der Waals surface area (Å²) in [7, 11) is 0. The molecule has 3 heteroatoms. The maximum atomic E-state index is 4.67. The SMILES string of the molecule is CC(C)CN(Cc1nc2ccccc2[nH]1)CC(C)C. The molecule has 0 saturated heterocycles.